The number of unbranched alkanes of at least 4 members (excludes halogenated alkanes) is 3. The van der Waals surface area contributed by atoms with Gasteiger partial charge in [-0.3, -0.25) is 0 Å². The molecule has 0 heterocycles. The van der Waals surface area contributed by atoms with Crippen LogP contribution in [0.2, 0.25) is 0 Å². The van der Waals surface area contributed by atoms with Crippen LogP contribution in [0.3, 0.4) is 0 Å². The van der Waals surface area contributed by atoms with Crippen LogP contribution in [-0.2, 0) is 11.2 Å². The van der Waals surface area contributed by atoms with E-state index in [9.17, 15) is 0 Å². The summed E-state index contributed by atoms with van der Waals surface area (Å²) in [7, 11) is 0. The molecule has 0 amide bonds. The number of ether oxygens (including phenoxy) is 1. The molecule has 0 saturated heterocycles. The van der Waals surface area contributed by atoms with Crippen molar-refractivity contribution >= 4 is 5.57 Å². The molecule has 1 fully saturated rings. The van der Waals surface area contributed by atoms with Gasteiger partial charge in [0.25, 0.3) is 0 Å². The van der Waals surface area contributed by atoms with Crippen molar-refractivity contribution in [3.8, 4) is 11.1 Å². The van der Waals surface area contributed by atoms with Gasteiger partial charge < -0.3 is 4.74 Å². The molecule has 5 aliphatic rings. The zero-order valence-electron chi connectivity index (χ0n) is 32.1. The largest absolute Gasteiger partial charge is 0.376 e. The summed E-state index contributed by atoms with van der Waals surface area (Å²) in [6.45, 7) is 12.4. The molecule has 0 N–H and O–H groups in total. The third-order valence-corrected chi connectivity index (χ3v) is 13.1. The van der Waals surface area contributed by atoms with E-state index in [1.165, 1.54) is 86.5 Å². The van der Waals surface area contributed by atoms with E-state index in [4.69, 9.17) is 4.74 Å². The maximum atomic E-state index is 6.12. The number of hydrogen-bond acceptors (Lipinski definition) is 1. The molecule has 1 nitrogen and oxygen atoms in total. The van der Waals surface area contributed by atoms with E-state index < -0.39 is 0 Å². The summed E-state index contributed by atoms with van der Waals surface area (Å²) < 4.78 is 6.12. The highest BCUT2D eigenvalue weighted by Crippen LogP contribution is 2.67. The van der Waals surface area contributed by atoms with Crippen LogP contribution in [-0.4, -0.2) is 12.2 Å². The van der Waals surface area contributed by atoms with Crippen LogP contribution in [0.4, 0.5) is 0 Å². The lowest BCUT2D eigenvalue weighted by atomic mass is 9.58. The lowest BCUT2D eigenvalue weighted by molar-refractivity contribution is -0.00481. The van der Waals surface area contributed by atoms with Crippen LogP contribution < -0.4 is 0 Å². The van der Waals surface area contributed by atoms with Crippen molar-refractivity contribution in [3.63, 3.8) is 0 Å². The lowest BCUT2D eigenvalue weighted by Gasteiger charge is -2.44. The van der Waals surface area contributed by atoms with Gasteiger partial charge in [0, 0.05) is 18.4 Å². The molecule has 0 spiro atoms. The van der Waals surface area contributed by atoms with Gasteiger partial charge in [-0.1, -0.05) is 154 Å². The molecule has 0 aliphatic heterocycles. The van der Waals surface area contributed by atoms with Gasteiger partial charge in [0.2, 0.25) is 0 Å². The fraction of sp³-hybridized carbons (Fsp3) is 0.480. The second kappa shape index (κ2) is 14.2. The highest BCUT2D eigenvalue weighted by atomic mass is 16.5. The molecule has 0 bridgehead atoms. The number of benzene rings is 3. The van der Waals surface area contributed by atoms with Gasteiger partial charge in [0.05, 0.1) is 5.60 Å². The summed E-state index contributed by atoms with van der Waals surface area (Å²) in [5.41, 5.74) is 18.5. The van der Waals surface area contributed by atoms with E-state index in [-0.39, 0.29) is 11.0 Å². The van der Waals surface area contributed by atoms with Crippen molar-refractivity contribution in [2.45, 2.75) is 136 Å². The number of fused-ring (bicyclic) bond motifs is 6. The molecule has 0 radical (unpaired) electrons. The molecule has 3 unspecified atom stereocenters. The molecule has 0 aromatic heterocycles. The second-order valence-electron chi connectivity index (χ2n) is 17.9. The fourth-order valence-electron chi connectivity index (χ4n) is 10.8. The summed E-state index contributed by atoms with van der Waals surface area (Å²) >= 11 is 0. The third kappa shape index (κ3) is 6.70. The highest BCUT2D eigenvalue weighted by Gasteiger charge is 2.52. The summed E-state index contributed by atoms with van der Waals surface area (Å²) in [4.78, 5) is 0. The molecule has 51 heavy (non-hydrogen) atoms. The minimum Gasteiger partial charge on any atom is -0.376 e. The first-order valence-corrected chi connectivity index (χ1v) is 20.5. The Morgan fingerprint density at radius 3 is 2.22 bits per heavy atom. The van der Waals surface area contributed by atoms with E-state index in [1.54, 1.807) is 44.5 Å². The molecule has 3 aromatic carbocycles. The van der Waals surface area contributed by atoms with Gasteiger partial charge in [0.1, 0.15) is 0 Å². The van der Waals surface area contributed by atoms with E-state index >= 15 is 0 Å². The van der Waals surface area contributed by atoms with Gasteiger partial charge in [-0.05, 0) is 127 Å². The number of hydrogen-bond donors (Lipinski definition) is 0. The molecule has 1 heteroatoms. The Labute approximate surface area is 309 Å². The van der Waals surface area contributed by atoms with Gasteiger partial charge in [-0.15, -0.1) is 0 Å². The second-order valence-corrected chi connectivity index (χ2v) is 17.9. The van der Waals surface area contributed by atoms with Crippen LogP contribution in [0, 0.1) is 11.3 Å². The Morgan fingerprint density at radius 2 is 1.43 bits per heavy atom. The van der Waals surface area contributed by atoms with Crippen molar-refractivity contribution in [1.29, 1.82) is 0 Å². The zero-order chi connectivity index (χ0) is 35.2. The van der Waals surface area contributed by atoms with Gasteiger partial charge in [-0.25, -0.2) is 0 Å². The summed E-state index contributed by atoms with van der Waals surface area (Å²) in [6.07, 6.45) is 23.8. The molecule has 266 valence electrons. The first-order valence-electron chi connectivity index (χ1n) is 20.5. The Balaban J connectivity index is 1.22. The monoisotopic (exact) mass is 676 g/mol. The lowest BCUT2D eigenvalue weighted by Crippen LogP contribution is -2.33. The average molecular weight is 677 g/mol. The molecular weight excluding hydrogens is 617 g/mol. The maximum absolute atomic E-state index is 6.12. The summed E-state index contributed by atoms with van der Waals surface area (Å²) in [5.74, 6) is 1.54. The minimum atomic E-state index is -0.0614. The molecular formula is C50H60O. The van der Waals surface area contributed by atoms with Crippen LogP contribution in [0.1, 0.15) is 151 Å². The highest BCUT2D eigenvalue weighted by molar-refractivity contribution is 5.89. The van der Waals surface area contributed by atoms with Crippen molar-refractivity contribution in [3.05, 3.63) is 135 Å². The van der Waals surface area contributed by atoms with Crippen molar-refractivity contribution < 1.29 is 4.74 Å². The van der Waals surface area contributed by atoms with Crippen LogP contribution in [0.25, 0.3) is 16.7 Å². The normalized spacial score (nSPS) is 22.3. The van der Waals surface area contributed by atoms with E-state index in [0.717, 1.165) is 31.8 Å². The predicted octanol–water partition coefficient (Wildman–Crippen LogP) is 13.9. The van der Waals surface area contributed by atoms with E-state index in [2.05, 4.69) is 120 Å². The quantitative estimate of drug-likeness (QED) is 0.184. The van der Waals surface area contributed by atoms with Crippen LogP contribution >= 0.6 is 0 Å². The van der Waals surface area contributed by atoms with Crippen LogP contribution in [0.5, 0.6) is 0 Å². The standard InChI is InChI=1S/C50H60O/c1-34-18-17-21-37-33-44-39-23-12-14-25-42(39)48(46(44)43(37)30-34)50(5,28-15-6-7-16-29-51-49(2,3)4)47-41-24-13-11-22-38(41)40-27-26-36(32-45(40)47)31-35-19-9-8-10-20-35/h11-14,17-18,22-27,30,32,35,47-48H,6-10,15-16,19-21,28-29,31,33H2,1-5H3. The Bertz CT molecular complexity index is 1900. The summed E-state index contributed by atoms with van der Waals surface area (Å²) in [5, 5.41) is 0. The minimum absolute atomic E-state index is 0.00381. The summed E-state index contributed by atoms with van der Waals surface area (Å²) in [6, 6.07) is 26.7. The van der Waals surface area contributed by atoms with Crippen LogP contribution in [0.15, 0.2) is 107 Å². The first kappa shape index (κ1) is 34.7. The first-order chi connectivity index (χ1) is 24.7. The smallest absolute Gasteiger partial charge is 0.0598 e. The van der Waals surface area contributed by atoms with Crippen molar-refractivity contribution in [1.82, 2.24) is 0 Å². The van der Waals surface area contributed by atoms with Gasteiger partial charge in [0.15, 0.2) is 0 Å². The SMILES string of the molecule is CC1=CC2=C(CC=C1)CC1=C2C(C(C)(CCCCCCOC(C)(C)C)C2c3ccccc3-c3ccc(CC4CCCCC4)cc32)c2ccccc21. The van der Waals surface area contributed by atoms with Crippen molar-refractivity contribution in [2.24, 2.45) is 11.3 Å². The molecule has 8 rings (SSSR count). The number of rotatable bonds is 11. The van der Waals surface area contributed by atoms with Gasteiger partial charge >= 0.3 is 0 Å². The molecule has 5 aliphatic carbocycles. The Kier molecular flexibility index (Phi) is 9.64. The Morgan fingerprint density at radius 1 is 0.725 bits per heavy atom. The zero-order valence-corrected chi connectivity index (χ0v) is 32.1. The average Bonchev–Trinajstić information content (AvgIpc) is 3.70. The van der Waals surface area contributed by atoms with E-state index in [0.29, 0.717) is 11.8 Å². The maximum Gasteiger partial charge on any atom is 0.0598 e. The predicted molar refractivity (Wildman–Crippen MR) is 216 cm³/mol. The van der Waals surface area contributed by atoms with Gasteiger partial charge in [-0.2, -0.15) is 0 Å². The number of allylic oxidation sites excluding steroid dienone is 8. The van der Waals surface area contributed by atoms with Crippen molar-refractivity contribution in [2.75, 3.05) is 6.61 Å². The van der Waals surface area contributed by atoms with E-state index in [1.807, 2.05) is 0 Å². The Hall–Kier alpha value is -3.42. The molecule has 3 aromatic rings. The fourth-order valence-corrected chi connectivity index (χ4v) is 10.8. The molecule has 1 saturated carbocycles. The topological polar surface area (TPSA) is 9.23 Å². The molecule has 3 atom stereocenters. The third-order valence-electron chi connectivity index (χ3n) is 13.1.